The van der Waals surface area contributed by atoms with E-state index < -0.39 is 0 Å². The summed E-state index contributed by atoms with van der Waals surface area (Å²) in [6.45, 7) is 0.572. The Morgan fingerprint density at radius 1 is 1.15 bits per heavy atom. The van der Waals surface area contributed by atoms with E-state index in [1.165, 1.54) is 12.1 Å². The highest BCUT2D eigenvalue weighted by Gasteiger charge is 2.07. The van der Waals surface area contributed by atoms with Crippen LogP contribution in [0.15, 0.2) is 40.9 Å². The lowest BCUT2D eigenvalue weighted by Gasteiger charge is -2.12. The van der Waals surface area contributed by atoms with Gasteiger partial charge in [0.2, 0.25) is 0 Å². The van der Waals surface area contributed by atoms with E-state index in [0.29, 0.717) is 17.9 Å². The van der Waals surface area contributed by atoms with Crippen molar-refractivity contribution in [2.45, 2.75) is 13.2 Å². The van der Waals surface area contributed by atoms with Crippen molar-refractivity contribution in [3.05, 3.63) is 57.8 Å². The molecule has 2 aromatic carbocycles. The number of benzene rings is 2. The molecule has 0 spiro atoms. The first-order valence-corrected chi connectivity index (χ1v) is 6.87. The van der Waals surface area contributed by atoms with Gasteiger partial charge in [-0.25, -0.2) is 4.39 Å². The molecule has 0 aliphatic heterocycles. The largest absolute Gasteiger partial charge is 0.497 e. The van der Waals surface area contributed by atoms with Gasteiger partial charge in [-0.3, -0.25) is 0 Å². The second-order valence-electron chi connectivity index (χ2n) is 4.20. The number of rotatable bonds is 5. The van der Waals surface area contributed by atoms with Gasteiger partial charge in [0, 0.05) is 22.1 Å². The van der Waals surface area contributed by atoms with E-state index >= 15 is 0 Å². The summed E-state index contributed by atoms with van der Waals surface area (Å²) < 4.78 is 24.9. The molecule has 2 rings (SSSR count). The van der Waals surface area contributed by atoms with Crippen LogP contribution < -0.4 is 15.2 Å². The highest BCUT2D eigenvalue weighted by atomic mass is 79.9. The van der Waals surface area contributed by atoms with Crippen molar-refractivity contribution in [1.82, 2.24) is 0 Å². The molecule has 2 N–H and O–H groups in total. The van der Waals surface area contributed by atoms with E-state index in [9.17, 15) is 4.39 Å². The molecule has 0 saturated heterocycles. The number of hydrogen-bond acceptors (Lipinski definition) is 3. The average Bonchev–Trinajstić information content (AvgIpc) is 2.47. The van der Waals surface area contributed by atoms with Crippen LogP contribution in [0.5, 0.6) is 11.5 Å². The van der Waals surface area contributed by atoms with Crippen LogP contribution in [0.3, 0.4) is 0 Å². The Morgan fingerprint density at radius 3 is 2.65 bits per heavy atom. The molecule has 0 amide bonds. The van der Waals surface area contributed by atoms with Gasteiger partial charge in [-0.05, 0) is 36.4 Å². The molecule has 0 unspecified atom stereocenters. The lowest BCUT2D eigenvalue weighted by Crippen LogP contribution is -2.04. The molecule has 5 heteroatoms. The van der Waals surface area contributed by atoms with E-state index in [1.54, 1.807) is 13.2 Å². The van der Waals surface area contributed by atoms with Gasteiger partial charge in [-0.1, -0.05) is 15.9 Å². The van der Waals surface area contributed by atoms with Crippen LogP contribution in [0.25, 0.3) is 0 Å². The van der Waals surface area contributed by atoms with Crippen LogP contribution in [0.1, 0.15) is 11.1 Å². The van der Waals surface area contributed by atoms with Gasteiger partial charge in [0.05, 0.1) is 7.11 Å². The number of halogens is 2. The Morgan fingerprint density at radius 2 is 1.95 bits per heavy atom. The van der Waals surface area contributed by atoms with E-state index in [4.69, 9.17) is 15.2 Å². The van der Waals surface area contributed by atoms with Crippen LogP contribution in [-0.4, -0.2) is 7.11 Å². The first-order chi connectivity index (χ1) is 9.63. The van der Waals surface area contributed by atoms with Crippen LogP contribution in [-0.2, 0) is 13.2 Å². The molecule has 0 bridgehead atoms. The van der Waals surface area contributed by atoms with E-state index in [-0.39, 0.29) is 12.4 Å². The molecule has 0 aliphatic rings. The molecule has 0 atom stereocenters. The van der Waals surface area contributed by atoms with Crippen molar-refractivity contribution in [3.8, 4) is 11.5 Å². The predicted molar refractivity (Wildman–Crippen MR) is 79.3 cm³/mol. The van der Waals surface area contributed by atoms with Crippen molar-refractivity contribution < 1.29 is 13.9 Å². The summed E-state index contributed by atoms with van der Waals surface area (Å²) >= 11 is 3.46. The zero-order valence-corrected chi connectivity index (χ0v) is 12.6. The van der Waals surface area contributed by atoms with E-state index in [0.717, 1.165) is 15.8 Å². The molecule has 106 valence electrons. The lowest BCUT2D eigenvalue weighted by molar-refractivity contribution is 0.300. The maximum atomic E-state index is 13.1. The highest BCUT2D eigenvalue weighted by molar-refractivity contribution is 9.10. The molecule has 0 heterocycles. The van der Waals surface area contributed by atoms with Gasteiger partial charge < -0.3 is 15.2 Å². The molecular weight excluding hydrogens is 325 g/mol. The molecule has 0 saturated carbocycles. The maximum Gasteiger partial charge on any atom is 0.124 e. The van der Waals surface area contributed by atoms with Gasteiger partial charge in [0.15, 0.2) is 0 Å². The quantitative estimate of drug-likeness (QED) is 0.904. The Bertz CT molecular complexity index is 604. The van der Waals surface area contributed by atoms with E-state index in [2.05, 4.69) is 15.9 Å². The predicted octanol–water partition coefficient (Wildman–Crippen LogP) is 3.63. The number of hydrogen-bond donors (Lipinski definition) is 1. The minimum atomic E-state index is -0.319. The molecule has 20 heavy (non-hydrogen) atoms. The van der Waals surface area contributed by atoms with Gasteiger partial charge in [-0.2, -0.15) is 0 Å². The molecule has 2 aromatic rings. The molecule has 0 fully saturated rings. The Hall–Kier alpha value is -1.59. The van der Waals surface area contributed by atoms with Gasteiger partial charge in [0.25, 0.3) is 0 Å². The summed E-state index contributed by atoms with van der Waals surface area (Å²) in [5.74, 6) is 1.02. The van der Waals surface area contributed by atoms with Crippen LogP contribution in [0.4, 0.5) is 4.39 Å². The first-order valence-electron chi connectivity index (χ1n) is 6.07. The number of ether oxygens (including phenoxy) is 2. The van der Waals surface area contributed by atoms with Gasteiger partial charge in [0.1, 0.15) is 23.9 Å². The monoisotopic (exact) mass is 339 g/mol. The zero-order chi connectivity index (χ0) is 14.5. The number of methoxy groups -OCH3 is 1. The summed E-state index contributed by atoms with van der Waals surface area (Å²) in [7, 11) is 1.61. The summed E-state index contributed by atoms with van der Waals surface area (Å²) in [6.07, 6.45) is 0. The Labute approximate surface area is 125 Å². The third kappa shape index (κ3) is 3.49. The summed E-state index contributed by atoms with van der Waals surface area (Å²) in [6, 6.07) is 9.97. The van der Waals surface area contributed by atoms with Crippen molar-refractivity contribution in [3.63, 3.8) is 0 Å². The second kappa shape index (κ2) is 6.72. The van der Waals surface area contributed by atoms with Crippen LogP contribution >= 0.6 is 15.9 Å². The first kappa shape index (κ1) is 14.8. The Balaban J connectivity index is 2.16. The standard InChI is InChI=1S/C15H15BrFNO2/c1-19-13-3-4-14(16)11(7-13)9-20-15-5-2-12(17)6-10(15)8-18/h2-7H,8-9,18H2,1H3. The molecule has 0 radical (unpaired) electrons. The topological polar surface area (TPSA) is 44.5 Å². The lowest BCUT2D eigenvalue weighted by atomic mass is 10.2. The van der Waals surface area contributed by atoms with Crippen molar-refractivity contribution in [2.75, 3.05) is 7.11 Å². The Kier molecular flexibility index (Phi) is 4.98. The van der Waals surface area contributed by atoms with Crippen molar-refractivity contribution in [2.24, 2.45) is 5.73 Å². The van der Waals surface area contributed by atoms with Crippen LogP contribution in [0.2, 0.25) is 0 Å². The minimum Gasteiger partial charge on any atom is -0.497 e. The molecule has 3 nitrogen and oxygen atoms in total. The third-order valence-electron chi connectivity index (χ3n) is 2.88. The van der Waals surface area contributed by atoms with Gasteiger partial charge >= 0.3 is 0 Å². The fraction of sp³-hybridized carbons (Fsp3) is 0.200. The third-order valence-corrected chi connectivity index (χ3v) is 3.65. The van der Waals surface area contributed by atoms with Crippen molar-refractivity contribution in [1.29, 1.82) is 0 Å². The SMILES string of the molecule is COc1ccc(Br)c(COc2ccc(F)cc2CN)c1. The smallest absolute Gasteiger partial charge is 0.124 e. The summed E-state index contributed by atoms with van der Waals surface area (Å²) in [5.41, 5.74) is 7.17. The zero-order valence-electron chi connectivity index (χ0n) is 11.0. The summed E-state index contributed by atoms with van der Waals surface area (Å²) in [5, 5.41) is 0. The highest BCUT2D eigenvalue weighted by Crippen LogP contribution is 2.25. The van der Waals surface area contributed by atoms with Crippen molar-refractivity contribution >= 4 is 15.9 Å². The van der Waals surface area contributed by atoms with E-state index in [1.807, 2.05) is 18.2 Å². The normalized spacial score (nSPS) is 10.4. The fourth-order valence-corrected chi connectivity index (χ4v) is 2.15. The maximum absolute atomic E-state index is 13.1. The molecule has 0 aromatic heterocycles. The van der Waals surface area contributed by atoms with Crippen LogP contribution in [0, 0.1) is 5.82 Å². The van der Waals surface area contributed by atoms with Gasteiger partial charge in [-0.15, -0.1) is 0 Å². The molecule has 0 aliphatic carbocycles. The minimum absolute atomic E-state index is 0.229. The summed E-state index contributed by atoms with van der Waals surface area (Å²) in [4.78, 5) is 0. The second-order valence-corrected chi connectivity index (χ2v) is 5.06. The fourth-order valence-electron chi connectivity index (χ4n) is 1.79. The number of nitrogens with two attached hydrogens (primary N) is 1. The average molecular weight is 340 g/mol. The molecular formula is C15H15BrFNO2.